The molecule has 0 aliphatic rings. The van der Waals surface area contributed by atoms with Crippen molar-refractivity contribution in [1.82, 2.24) is 14.4 Å². The van der Waals surface area contributed by atoms with Crippen molar-refractivity contribution in [3.63, 3.8) is 0 Å². The zero-order valence-corrected chi connectivity index (χ0v) is 14.2. The molecule has 0 saturated carbocycles. The number of unbranched alkanes of at least 4 members (excludes halogenated alkanes) is 1. The molecule has 0 aliphatic carbocycles. The van der Waals surface area contributed by atoms with Crippen molar-refractivity contribution in [2.24, 2.45) is 0 Å². The molecule has 2 N–H and O–H groups in total. The third-order valence-electron chi connectivity index (χ3n) is 3.59. The molecule has 1 heterocycles. The third-order valence-corrected chi connectivity index (χ3v) is 3.59. The van der Waals surface area contributed by atoms with E-state index < -0.39 is 11.4 Å². The predicted octanol–water partition coefficient (Wildman–Crippen LogP) is 0.802. The number of aliphatic carboxylic acids is 1. The Morgan fingerprint density at radius 2 is 1.91 bits per heavy atom. The molecule has 0 amide bonds. The van der Waals surface area contributed by atoms with Gasteiger partial charge in [-0.25, -0.2) is 0 Å². The van der Waals surface area contributed by atoms with Crippen LogP contribution in [0, 0.1) is 0 Å². The minimum atomic E-state index is -0.844. The lowest BCUT2D eigenvalue weighted by molar-refractivity contribution is -0.137. The number of aromatic nitrogens is 1. The van der Waals surface area contributed by atoms with Crippen LogP contribution in [0.1, 0.15) is 25.0 Å². The highest BCUT2D eigenvalue weighted by Gasteiger charge is 2.10. The highest BCUT2D eigenvalue weighted by molar-refractivity contribution is 5.66. The second-order valence-electron chi connectivity index (χ2n) is 6.10. The number of carbonyl (C=O) groups is 1. The van der Waals surface area contributed by atoms with Crippen molar-refractivity contribution in [3.8, 4) is 5.75 Å². The second kappa shape index (κ2) is 9.32. The van der Waals surface area contributed by atoms with Gasteiger partial charge in [-0.3, -0.25) is 9.59 Å². The molecule has 0 saturated heterocycles. The van der Waals surface area contributed by atoms with Crippen LogP contribution in [0.15, 0.2) is 17.1 Å². The number of aryl methyl sites for hydroxylation is 1. The van der Waals surface area contributed by atoms with Crippen molar-refractivity contribution in [1.29, 1.82) is 0 Å². The third kappa shape index (κ3) is 7.30. The molecule has 7 nitrogen and oxygen atoms in total. The molecule has 0 aliphatic heterocycles. The molecule has 1 aromatic rings. The summed E-state index contributed by atoms with van der Waals surface area (Å²) < 4.78 is 1.88. The molecule has 130 valence electrons. The summed E-state index contributed by atoms with van der Waals surface area (Å²) in [7, 11) is 5.86. The number of rotatable bonds is 10. The quantitative estimate of drug-likeness (QED) is 0.619. The summed E-state index contributed by atoms with van der Waals surface area (Å²) in [5, 5.41) is 18.4. The minimum absolute atomic E-state index is 0.0572. The average molecular weight is 325 g/mol. The molecule has 0 aromatic carbocycles. The lowest BCUT2D eigenvalue weighted by atomic mass is 10.2. The normalized spacial score (nSPS) is 11.3. The number of carboxylic acid groups (broad SMARTS) is 1. The molecule has 0 radical (unpaired) electrons. The van der Waals surface area contributed by atoms with Gasteiger partial charge < -0.3 is 24.6 Å². The first-order chi connectivity index (χ1) is 10.8. The zero-order chi connectivity index (χ0) is 17.4. The van der Waals surface area contributed by atoms with Gasteiger partial charge in [-0.2, -0.15) is 0 Å². The van der Waals surface area contributed by atoms with Gasteiger partial charge >= 0.3 is 5.97 Å². The van der Waals surface area contributed by atoms with Gasteiger partial charge in [0.05, 0.1) is 12.6 Å². The SMILES string of the molecule is CN(C)CCCCn1cc(O)c(=O)cc1CN(C)CCC(=O)O. The number of aromatic hydroxyl groups is 1. The molecule has 0 fully saturated rings. The summed E-state index contributed by atoms with van der Waals surface area (Å²) in [6.07, 6.45) is 3.49. The van der Waals surface area contributed by atoms with Crippen LogP contribution < -0.4 is 5.43 Å². The Labute approximate surface area is 136 Å². The van der Waals surface area contributed by atoms with E-state index in [1.807, 2.05) is 30.6 Å². The van der Waals surface area contributed by atoms with Gasteiger partial charge in [0.2, 0.25) is 5.43 Å². The van der Waals surface area contributed by atoms with Crippen molar-refractivity contribution in [2.45, 2.75) is 32.4 Å². The van der Waals surface area contributed by atoms with Crippen LogP contribution in [0.25, 0.3) is 0 Å². The largest absolute Gasteiger partial charge is 0.503 e. The standard InChI is InChI=1S/C16H27N3O4/c1-17(2)7-4-5-8-19-12-15(21)14(20)10-13(19)11-18(3)9-6-16(22)23/h10,12,21H,4-9,11H2,1-3H3,(H,22,23). The molecule has 23 heavy (non-hydrogen) atoms. The minimum Gasteiger partial charge on any atom is -0.503 e. The van der Waals surface area contributed by atoms with Crippen LogP contribution in [-0.2, 0) is 17.9 Å². The molecule has 7 heteroatoms. The summed E-state index contributed by atoms with van der Waals surface area (Å²) in [6.45, 7) is 2.57. The van der Waals surface area contributed by atoms with Crippen molar-refractivity contribution in [3.05, 3.63) is 28.2 Å². The Morgan fingerprint density at radius 3 is 2.52 bits per heavy atom. The lowest BCUT2D eigenvalue weighted by Gasteiger charge is -2.20. The van der Waals surface area contributed by atoms with E-state index in [2.05, 4.69) is 4.90 Å². The van der Waals surface area contributed by atoms with E-state index in [9.17, 15) is 14.7 Å². The molecule has 1 rings (SSSR count). The maximum absolute atomic E-state index is 11.7. The molecular formula is C16H27N3O4. The van der Waals surface area contributed by atoms with Gasteiger partial charge in [0.15, 0.2) is 5.75 Å². The van der Waals surface area contributed by atoms with E-state index in [0.29, 0.717) is 19.6 Å². The van der Waals surface area contributed by atoms with Crippen LogP contribution >= 0.6 is 0 Å². The van der Waals surface area contributed by atoms with Gasteiger partial charge in [0, 0.05) is 31.4 Å². The number of pyridine rings is 1. The van der Waals surface area contributed by atoms with Gasteiger partial charge in [0.1, 0.15) is 0 Å². The summed E-state index contributed by atoms with van der Waals surface area (Å²) in [6, 6.07) is 1.43. The highest BCUT2D eigenvalue weighted by atomic mass is 16.4. The maximum Gasteiger partial charge on any atom is 0.304 e. The number of hydrogen-bond acceptors (Lipinski definition) is 5. The van der Waals surface area contributed by atoms with Gasteiger partial charge in [-0.1, -0.05) is 0 Å². The van der Waals surface area contributed by atoms with Gasteiger partial charge in [0.25, 0.3) is 0 Å². The van der Waals surface area contributed by atoms with E-state index in [0.717, 1.165) is 25.1 Å². The Balaban J connectivity index is 2.73. The van der Waals surface area contributed by atoms with Crippen molar-refractivity contribution < 1.29 is 15.0 Å². The van der Waals surface area contributed by atoms with E-state index in [1.165, 1.54) is 12.3 Å². The fraction of sp³-hybridized carbons (Fsp3) is 0.625. The second-order valence-corrected chi connectivity index (χ2v) is 6.10. The topological polar surface area (TPSA) is 86.0 Å². The smallest absolute Gasteiger partial charge is 0.304 e. The zero-order valence-electron chi connectivity index (χ0n) is 14.2. The molecule has 0 bridgehead atoms. The average Bonchev–Trinajstić information content (AvgIpc) is 2.46. The van der Waals surface area contributed by atoms with Crippen LogP contribution in [0.2, 0.25) is 0 Å². The Kier molecular flexibility index (Phi) is 7.77. The van der Waals surface area contributed by atoms with Crippen LogP contribution in [-0.4, -0.2) is 64.8 Å². The predicted molar refractivity (Wildman–Crippen MR) is 88.7 cm³/mol. The molecule has 0 unspecified atom stereocenters. The monoisotopic (exact) mass is 325 g/mol. The number of carboxylic acids is 1. The first-order valence-corrected chi connectivity index (χ1v) is 7.77. The summed E-state index contributed by atoms with van der Waals surface area (Å²) in [4.78, 5) is 26.3. The van der Waals surface area contributed by atoms with Crippen LogP contribution in [0.4, 0.5) is 0 Å². The fourth-order valence-corrected chi connectivity index (χ4v) is 2.30. The summed E-state index contributed by atoms with van der Waals surface area (Å²) in [5.74, 6) is -1.10. The Morgan fingerprint density at radius 1 is 1.22 bits per heavy atom. The molecule has 0 atom stereocenters. The number of hydrogen-bond donors (Lipinski definition) is 2. The number of nitrogens with zero attached hydrogens (tertiary/aromatic N) is 3. The first-order valence-electron chi connectivity index (χ1n) is 7.77. The Hall–Kier alpha value is -1.86. The Bertz CT molecular complexity index is 569. The van der Waals surface area contributed by atoms with Crippen LogP contribution in [0.3, 0.4) is 0 Å². The van der Waals surface area contributed by atoms with Crippen molar-refractivity contribution >= 4 is 5.97 Å². The highest BCUT2D eigenvalue weighted by Crippen LogP contribution is 2.10. The lowest BCUT2D eigenvalue weighted by Crippen LogP contribution is -2.25. The first kappa shape index (κ1) is 19.2. The van der Waals surface area contributed by atoms with E-state index in [-0.39, 0.29) is 12.2 Å². The van der Waals surface area contributed by atoms with Crippen LogP contribution in [0.5, 0.6) is 5.75 Å². The van der Waals surface area contributed by atoms with E-state index in [4.69, 9.17) is 5.11 Å². The molecule has 1 aromatic heterocycles. The summed E-state index contributed by atoms with van der Waals surface area (Å²) >= 11 is 0. The van der Waals surface area contributed by atoms with Gasteiger partial charge in [-0.15, -0.1) is 0 Å². The summed E-state index contributed by atoms with van der Waals surface area (Å²) in [5.41, 5.74) is 0.377. The fourth-order valence-electron chi connectivity index (χ4n) is 2.30. The van der Waals surface area contributed by atoms with Gasteiger partial charge in [-0.05, 0) is 40.5 Å². The van der Waals surface area contributed by atoms with Crippen molar-refractivity contribution in [2.75, 3.05) is 34.2 Å². The maximum atomic E-state index is 11.7. The molecule has 0 spiro atoms. The van der Waals surface area contributed by atoms with E-state index >= 15 is 0 Å². The molecular weight excluding hydrogens is 298 g/mol. The van der Waals surface area contributed by atoms with E-state index in [1.54, 1.807) is 0 Å².